The van der Waals surface area contributed by atoms with Gasteiger partial charge in [0.1, 0.15) is 5.76 Å². The van der Waals surface area contributed by atoms with Crippen LogP contribution in [0.4, 0.5) is 0 Å². The van der Waals surface area contributed by atoms with E-state index >= 15 is 0 Å². The molecule has 1 unspecified atom stereocenters. The predicted octanol–water partition coefficient (Wildman–Crippen LogP) is 4.06. The van der Waals surface area contributed by atoms with E-state index in [1.54, 1.807) is 29.8 Å². The maximum atomic E-state index is 12.2. The summed E-state index contributed by atoms with van der Waals surface area (Å²) in [4.78, 5) is 15.6. The monoisotopic (exact) mass is 319 g/mol. The largest absolute Gasteiger partial charge is 0.465 e. The molecule has 0 aliphatic carbocycles. The molecule has 0 saturated carbocycles. The number of amides is 1. The summed E-state index contributed by atoms with van der Waals surface area (Å²) >= 11 is 3.76. The van der Waals surface area contributed by atoms with E-state index in [0.717, 1.165) is 25.3 Å². The second kappa shape index (κ2) is 7.00. The van der Waals surface area contributed by atoms with E-state index in [9.17, 15) is 4.79 Å². The molecule has 0 N–H and O–H groups in total. The number of carbonyl (C=O) groups excluding carboxylic acids is 1. The number of rotatable bonds is 3. The number of carbonyl (C=O) groups is 1. The van der Waals surface area contributed by atoms with Gasteiger partial charge in [0, 0.05) is 35.0 Å². The van der Waals surface area contributed by atoms with Gasteiger partial charge in [-0.3, -0.25) is 4.79 Å². The molecule has 1 aliphatic rings. The summed E-state index contributed by atoms with van der Waals surface area (Å²) in [7, 11) is 0. The first-order valence-corrected chi connectivity index (χ1v) is 8.91. The molecule has 3 nitrogen and oxygen atoms in total. The first-order valence-electron chi connectivity index (χ1n) is 6.98. The summed E-state index contributed by atoms with van der Waals surface area (Å²) in [6, 6.07) is 7.95. The highest BCUT2D eigenvalue weighted by molar-refractivity contribution is 7.99. The summed E-state index contributed by atoms with van der Waals surface area (Å²) in [6.45, 7) is 1.63. The van der Waals surface area contributed by atoms with Crippen LogP contribution < -0.4 is 0 Å². The zero-order valence-electron chi connectivity index (χ0n) is 11.6. The molecule has 3 heterocycles. The molecular weight excluding hydrogens is 302 g/mol. The van der Waals surface area contributed by atoms with Gasteiger partial charge in [-0.25, -0.2) is 0 Å². The van der Waals surface area contributed by atoms with Gasteiger partial charge in [-0.05, 0) is 36.1 Å². The number of thioether (sulfide) groups is 1. The highest BCUT2D eigenvalue weighted by Crippen LogP contribution is 2.36. The van der Waals surface area contributed by atoms with Gasteiger partial charge in [-0.15, -0.1) is 11.3 Å². The van der Waals surface area contributed by atoms with Crippen molar-refractivity contribution in [2.24, 2.45) is 0 Å². The highest BCUT2D eigenvalue weighted by Gasteiger charge is 2.21. The number of furan rings is 1. The van der Waals surface area contributed by atoms with Gasteiger partial charge in [0.25, 0.3) is 0 Å². The molecule has 1 atom stereocenters. The van der Waals surface area contributed by atoms with Crippen molar-refractivity contribution in [1.29, 1.82) is 0 Å². The van der Waals surface area contributed by atoms with Crippen LogP contribution in [0, 0.1) is 0 Å². The fourth-order valence-electron chi connectivity index (χ4n) is 2.34. The Labute approximate surface area is 132 Å². The predicted molar refractivity (Wildman–Crippen MR) is 88.5 cm³/mol. The van der Waals surface area contributed by atoms with Gasteiger partial charge < -0.3 is 9.32 Å². The molecule has 2 aromatic heterocycles. The third-order valence-electron chi connectivity index (χ3n) is 3.45. The van der Waals surface area contributed by atoms with Crippen LogP contribution >= 0.6 is 23.1 Å². The maximum absolute atomic E-state index is 12.2. The van der Waals surface area contributed by atoms with Crippen molar-refractivity contribution in [3.63, 3.8) is 0 Å². The minimum atomic E-state index is 0.0684. The third-order valence-corrected chi connectivity index (χ3v) is 5.89. The van der Waals surface area contributed by atoms with E-state index in [2.05, 4.69) is 17.5 Å². The van der Waals surface area contributed by atoms with Crippen LogP contribution in [0.3, 0.4) is 0 Å². The SMILES string of the molecule is O=C(/C=C/c1ccco1)N1CCSC(c2cccs2)CC1. The van der Waals surface area contributed by atoms with E-state index < -0.39 is 0 Å². The van der Waals surface area contributed by atoms with Gasteiger partial charge in [-0.1, -0.05) is 6.07 Å². The van der Waals surface area contributed by atoms with Gasteiger partial charge in [0.2, 0.25) is 5.91 Å². The number of nitrogens with zero attached hydrogens (tertiary/aromatic N) is 1. The highest BCUT2D eigenvalue weighted by atomic mass is 32.2. The summed E-state index contributed by atoms with van der Waals surface area (Å²) in [5.41, 5.74) is 0. The zero-order valence-corrected chi connectivity index (χ0v) is 13.2. The smallest absolute Gasteiger partial charge is 0.246 e. The van der Waals surface area contributed by atoms with Gasteiger partial charge in [0.15, 0.2) is 0 Å². The molecule has 110 valence electrons. The Morgan fingerprint density at radius 1 is 1.33 bits per heavy atom. The molecule has 2 aromatic rings. The lowest BCUT2D eigenvalue weighted by Gasteiger charge is -2.18. The molecule has 1 saturated heterocycles. The zero-order chi connectivity index (χ0) is 14.5. The van der Waals surface area contributed by atoms with Crippen LogP contribution in [0.15, 0.2) is 46.4 Å². The van der Waals surface area contributed by atoms with Crippen LogP contribution in [-0.4, -0.2) is 29.6 Å². The van der Waals surface area contributed by atoms with Crippen molar-refractivity contribution in [1.82, 2.24) is 4.90 Å². The summed E-state index contributed by atoms with van der Waals surface area (Å²) < 4.78 is 5.20. The minimum absolute atomic E-state index is 0.0684. The minimum Gasteiger partial charge on any atom is -0.465 e. The number of thiophene rings is 1. The summed E-state index contributed by atoms with van der Waals surface area (Å²) in [5, 5.41) is 2.65. The lowest BCUT2D eigenvalue weighted by molar-refractivity contribution is -0.125. The van der Waals surface area contributed by atoms with E-state index in [1.165, 1.54) is 4.88 Å². The van der Waals surface area contributed by atoms with Crippen molar-refractivity contribution < 1.29 is 9.21 Å². The van der Waals surface area contributed by atoms with Crippen molar-refractivity contribution in [2.45, 2.75) is 11.7 Å². The van der Waals surface area contributed by atoms with Crippen LogP contribution in [-0.2, 0) is 4.79 Å². The van der Waals surface area contributed by atoms with Crippen molar-refractivity contribution >= 4 is 35.1 Å². The van der Waals surface area contributed by atoms with Gasteiger partial charge in [-0.2, -0.15) is 11.8 Å². The molecule has 1 aliphatic heterocycles. The first kappa shape index (κ1) is 14.5. The Bertz CT molecular complexity index is 590. The molecule has 21 heavy (non-hydrogen) atoms. The first-order chi connectivity index (χ1) is 10.3. The van der Waals surface area contributed by atoms with E-state index in [0.29, 0.717) is 11.0 Å². The summed E-state index contributed by atoms with van der Waals surface area (Å²) in [5.74, 6) is 1.77. The molecular formula is C16H17NO2S2. The van der Waals surface area contributed by atoms with Gasteiger partial charge >= 0.3 is 0 Å². The molecule has 3 rings (SSSR count). The molecule has 5 heteroatoms. The lowest BCUT2D eigenvalue weighted by atomic mass is 10.2. The fourth-order valence-corrected chi connectivity index (χ4v) is 4.57. The van der Waals surface area contributed by atoms with Crippen LogP contribution in [0.2, 0.25) is 0 Å². The summed E-state index contributed by atoms with van der Waals surface area (Å²) in [6.07, 6.45) is 5.97. The Balaban J connectivity index is 1.58. The average molecular weight is 319 g/mol. The topological polar surface area (TPSA) is 33.5 Å². The number of hydrogen-bond donors (Lipinski definition) is 0. The lowest BCUT2D eigenvalue weighted by Crippen LogP contribution is -2.31. The number of hydrogen-bond acceptors (Lipinski definition) is 4. The van der Waals surface area contributed by atoms with Gasteiger partial charge in [0.05, 0.1) is 6.26 Å². The normalized spacial score (nSPS) is 19.8. The second-order valence-electron chi connectivity index (χ2n) is 4.84. The van der Waals surface area contributed by atoms with E-state index in [4.69, 9.17) is 4.42 Å². The van der Waals surface area contributed by atoms with Crippen molar-refractivity contribution in [3.05, 3.63) is 52.6 Å². The van der Waals surface area contributed by atoms with Crippen LogP contribution in [0.1, 0.15) is 22.3 Å². The average Bonchev–Trinajstić information content (AvgIpc) is 3.15. The molecule has 0 radical (unpaired) electrons. The molecule has 0 spiro atoms. The second-order valence-corrected chi connectivity index (χ2v) is 7.13. The van der Waals surface area contributed by atoms with E-state index in [-0.39, 0.29) is 5.91 Å². The van der Waals surface area contributed by atoms with E-state index in [1.807, 2.05) is 28.8 Å². The molecule has 0 bridgehead atoms. The van der Waals surface area contributed by atoms with Crippen molar-refractivity contribution in [2.75, 3.05) is 18.8 Å². The van der Waals surface area contributed by atoms with Crippen LogP contribution in [0.25, 0.3) is 6.08 Å². The third kappa shape index (κ3) is 3.80. The Kier molecular flexibility index (Phi) is 4.83. The molecule has 0 aromatic carbocycles. The molecule has 1 amide bonds. The Hall–Kier alpha value is -1.46. The quantitative estimate of drug-likeness (QED) is 0.800. The Morgan fingerprint density at radius 3 is 3.05 bits per heavy atom. The van der Waals surface area contributed by atoms with Crippen LogP contribution in [0.5, 0.6) is 0 Å². The molecule has 1 fully saturated rings. The standard InChI is InChI=1S/C16H17NO2S2/c18-16(6-5-13-3-1-10-19-13)17-8-7-15(21-12-9-17)14-4-2-11-20-14/h1-6,10-11,15H,7-9,12H2/b6-5+. The fraction of sp³-hybridized carbons (Fsp3) is 0.312. The Morgan fingerprint density at radius 2 is 2.29 bits per heavy atom. The van der Waals surface area contributed by atoms with Crippen molar-refractivity contribution in [3.8, 4) is 0 Å². The maximum Gasteiger partial charge on any atom is 0.246 e.